The van der Waals surface area contributed by atoms with Crippen LogP contribution in [-0.4, -0.2) is 14.3 Å². The minimum Gasteiger partial charge on any atom is -0.267 e. The maximum absolute atomic E-state index is 13.1. The third kappa shape index (κ3) is 3.50. The van der Waals surface area contributed by atoms with Crippen LogP contribution >= 0.6 is 11.3 Å². The summed E-state index contributed by atoms with van der Waals surface area (Å²) in [6.07, 6.45) is 0.838. The Labute approximate surface area is 151 Å². The summed E-state index contributed by atoms with van der Waals surface area (Å²) in [7, 11) is -4.01. The molecule has 3 rings (SSSR count). The summed E-state index contributed by atoms with van der Waals surface area (Å²) in [6.45, 7) is 2.02. The molecule has 128 valence electrons. The number of amides is 1. The summed E-state index contributed by atoms with van der Waals surface area (Å²) in [5.41, 5.74) is 1.41. The molecule has 0 atom stereocenters. The topological polar surface area (TPSA) is 54.5 Å². The van der Waals surface area contributed by atoms with Gasteiger partial charge in [-0.3, -0.25) is 4.79 Å². The molecule has 0 aliphatic carbocycles. The number of anilines is 1. The molecule has 0 saturated carbocycles. The zero-order chi connectivity index (χ0) is 17.9. The van der Waals surface area contributed by atoms with E-state index in [0.29, 0.717) is 10.6 Å². The molecule has 0 N–H and O–H groups in total. The first-order valence-corrected chi connectivity index (χ1v) is 10.1. The third-order valence-corrected chi connectivity index (χ3v) is 6.36. The average molecular weight is 371 g/mol. The molecular formula is C19H17NO3S2. The van der Waals surface area contributed by atoms with E-state index in [2.05, 4.69) is 0 Å². The highest BCUT2D eigenvalue weighted by Gasteiger charge is 2.32. The van der Waals surface area contributed by atoms with Crippen molar-refractivity contribution >= 4 is 33.0 Å². The number of sulfonamides is 1. The first kappa shape index (κ1) is 17.4. The van der Waals surface area contributed by atoms with Crippen molar-refractivity contribution in [2.45, 2.75) is 18.2 Å². The van der Waals surface area contributed by atoms with Crippen molar-refractivity contribution in [3.8, 4) is 0 Å². The quantitative estimate of drug-likeness (QED) is 0.670. The smallest absolute Gasteiger partial charge is 0.267 e. The highest BCUT2D eigenvalue weighted by Crippen LogP contribution is 2.27. The van der Waals surface area contributed by atoms with Crippen LogP contribution in [0.1, 0.15) is 22.2 Å². The number of carbonyl (C=O) groups excluding carboxylic acids is 1. The van der Waals surface area contributed by atoms with Crippen LogP contribution in [0.3, 0.4) is 0 Å². The number of carbonyl (C=O) groups is 1. The van der Waals surface area contributed by atoms with Crippen molar-refractivity contribution in [3.63, 3.8) is 0 Å². The lowest BCUT2D eigenvalue weighted by atomic mass is 10.1. The Morgan fingerprint density at radius 1 is 0.960 bits per heavy atom. The summed E-state index contributed by atoms with van der Waals surface area (Å²) in [5.74, 6) is -0.553. The fourth-order valence-electron chi connectivity index (χ4n) is 2.43. The molecule has 0 radical (unpaired) electrons. The molecule has 0 spiro atoms. The second kappa shape index (κ2) is 7.21. The fourth-order valence-corrected chi connectivity index (χ4v) is 4.57. The fraction of sp³-hybridized carbons (Fsp3) is 0.105. The van der Waals surface area contributed by atoms with Gasteiger partial charge >= 0.3 is 0 Å². The van der Waals surface area contributed by atoms with E-state index in [-0.39, 0.29) is 4.90 Å². The van der Waals surface area contributed by atoms with Gasteiger partial charge in [0.05, 0.1) is 15.5 Å². The van der Waals surface area contributed by atoms with Crippen molar-refractivity contribution in [1.29, 1.82) is 0 Å². The first-order valence-electron chi connectivity index (χ1n) is 7.81. The standard InChI is InChI=1S/C19H17NO3S2/c1-2-15-10-12-16(13-11-15)20(19(21)18-9-6-14-24-18)25(22,23)17-7-4-3-5-8-17/h3-14H,2H2,1H3. The van der Waals surface area contributed by atoms with Crippen LogP contribution in [0, 0.1) is 0 Å². The number of rotatable bonds is 5. The van der Waals surface area contributed by atoms with Crippen LogP contribution in [0.5, 0.6) is 0 Å². The van der Waals surface area contributed by atoms with Gasteiger partial charge in [0.25, 0.3) is 15.9 Å². The molecule has 0 fully saturated rings. The Kier molecular flexibility index (Phi) is 5.01. The third-order valence-electron chi connectivity index (χ3n) is 3.78. The van der Waals surface area contributed by atoms with Gasteiger partial charge in [0.2, 0.25) is 0 Å². The Hall–Kier alpha value is -2.44. The van der Waals surface area contributed by atoms with E-state index in [1.165, 1.54) is 23.5 Å². The number of benzene rings is 2. The lowest BCUT2D eigenvalue weighted by Crippen LogP contribution is -2.36. The lowest BCUT2D eigenvalue weighted by Gasteiger charge is -2.22. The van der Waals surface area contributed by atoms with Gasteiger partial charge in [0.15, 0.2) is 0 Å². The molecule has 25 heavy (non-hydrogen) atoms. The molecule has 2 aromatic carbocycles. The van der Waals surface area contributed by atoms with Gasteiger partial charge in [0, 0.05) is 0 Å². The minimum absolute atomic E-state index is 0.0828. The molecule has 0 bridgehead atoms. The Balaban J connectivity index is 2.13. The number of thiophene rings is 1. The Morgan fingerprint density at radius 2 is 1.64 bits per heavy atom. The molecule has 1 heterocycles. The van der Waals surface area contributed by atoms with Gasteiger partial charge in [-0.05, 0) is 47.7 Å². The molecule has 4 nitrogen and oxygen atoms in total. The van der Waals surface area contributed by atoms with E-state index in [4.69, 9.17) is 0 Å². The molecule has 1 aromatic heterocycles. The SMILES string of the molecule is CCc1ccc(N(C(=O)c2cccs2)S(=O)(=O)c2ccccc2)cc1. The highest BCUT2D eigenvalue weighted by atomic mass is 32.2. The van der Waals surface area contributed by atoms with Gasteiger partial charge in [-0.1, -0.05) is 43.3 Å². The van der Waals surface area contributed by atoms with E-state index >= 15 is 0 Å². The van der Waals surface area contributed by atoms with Gasteiger partial charge in [-0.15, -0.1) is 11.3 Å². The van der Waals surface area contributed by atoms with Gasteiger partial charge in [0.1, 0.15) is 0 Å². The maximum atomic E-state index is 13.1. The molecule has 6 heteroatoms. The van der Waals surface area contributed by atoms with Crippen LogP contribution in [0.15, 0.2) is 77.0 Å². The van der Waals surface area contributed by atoms with Crippen molar-refractivity contribution in [2.24, 2.45) is 0 Å². The number of nitrogens with zero attached hydrogens (tertiary/aromatic N) is 1. The van der Waals surface area contributed by atoms with E-state index < -0.39 is 15.9 Å². The molecule has 1 amide bonds. The largest absolute Gasteiger partial charge is 0.282 e. The molecular weight excluding hydrogens is 354 g/mol. The van der Waals surface area contributed by atoms with Crippen LogP contribution in [0.2, 0.25) is 0 Å². The van der Waals surface area contributed by atoms with E-state index in [9.17, 15) is 13.2 Å². The van der Waals surface area contributed by atoms with Crippen molar-refractivity contribution in [1.82, 2.24) is 0 Å². The Morgan fingerprint density at radius 3 is 2.20 bits per heavy atom. The average Bonchev–Trinajstić information content (AvgIpc) is 3.18. The summed E-state index contributed by atoms with van der Waals surface area (Å²) in [6, 6.07) is 18.4. The van der Waals surface area contributed by atoms with Crippen molar-refractivity contribution in [2.75, 3.05) is 4.31 Å². The van der Waals surface area contributed by atoms with Gasteiger partial charge in [-0.2, -0.15) is 4.31 Å². The van der Waals surface area contributed by atoms with E-state index in [0.717, 1.165) is 16.3 Å². The molecule has 0 unspecified atom stereocenters. The zero-order valence-electron chi connectivity index (χ0n) is 13.6. The predicted molar refractivity (Wildman–Crippen MR) is 101 cm³/mol. The lowest BCUT2D eigenvalue weighted by molar-refractivity contribution is 0.101. The number of hydrogen-bond donors (Lipinski definition) is 0. The number of hydrogen-bond acceptors (Lipinski definition) is 4. The highest BCUT2D eigenvalue weighted by molar-refractivity contribution is 7.93. The van der Waals surface area contributed by atoms with Crippen LogP contribution in [0.4, 0.5) is 5.69 Å². The zero-order valence-corrected chi connectivity index (χ0v) is 15.3. The first-order chi connectivity index (χ1) is 12.0. The molecule has 0 aliphatic rings. The molecule has 0 saturated heterocycles. The predicted octanol–water partition coefficient (Wildman–Crippen LogP) is 4.35. The van der Waals surface area contributed by atoms with E-state index in [1.54, 1.807) is 47.8 Å². The summed E-state index contributed by atoms with van der Waals surface area (Å²) >= 11 is 1.22. The molecule has 0 aliphatic heterocycles. The van der Waals surface area contributed by atoms with Crippen LogP contribution < -0.4 is 4.31 Å². The van der Waals surface area contributed by atoms with Gasteiger partial charge in [-0.25, -0.2) is 8.42 Å². The second-order valence-corrected chi connectivity index (χ2v) is 8.12. The van der Waals surface area contributed by atoms with Crippen LogP contribution in [-0.2, 0) is 16.4 Å². The summed E-state index contributed by atoms with van der Waals surface area (Å²) in [5, 5.41) is 1.75. The van der Waals surface area contributed by atoms with Gasteiger partial charge < -0.3 is 0 Å². The second-order valence-electron chi connectivity index (χ2n) is 5.38. The normalized spacial score (nSPS) is 11.2. The number of aryl methyl sites for hydroxylation is 1. The van der Waals surface area contributed by atoms with Crippen molar-refractivity contribution < 1.29 is 13.2 Å². The maximum Gasteiger partial charge on any atom is 0.282 e. The summed E-state index contributed by atoms with van der Waals surface area (Å²) < 4.78 is 27.1. The Bertz CT molecular complexity index is 948. The molecule has 3 aromatic rings. The summed E-state index contributed by atoms with van der Waals surface area (Å²) in [4.78, 5) is 13.4. The van der Waals surface area contributed by atoms with Crippen LogP contribution in [0.25, 0.3) is 0 Å². The minimum atomic E-state index is -4.01. The van der Waals surface area contributed by atoms with Crippen molar-refractivity contribution in [3.05, 3.63) is 82.6 Å². The monoisotopic (exact) mass is 371 g/mol. The van der Waals surface area contributed by atoms with E-state index in [1.807, 2.05) is 19.1 Å².